The SMILES string of the molecule is O=CC(O)(CC(=O)O)NC(=O)O. The van der Waals surface area contributed by atoms with Crippen molar-refractivity contribution in [3.05, 3.63) is 0 Å². The van der Waals surface area contributed by atoms with Crippen molar-refractivity contribution in [1.82, 2.24) is 5.32 Å². The van der Waals surface area contributed by atoms with E-state index in [0.717, 1.165) is 0 Å². The smallest absolute Gasteiger partial charge is 0.407 e. The van der Waals surface area contributed by atoms with Gasteiger partial charge in [0.25, 0.3) is 0 Å². The number of rotatable bonds is 4. The van der Waals surface area contributed by atoms with Gasteiger partial charge in [0.1, 0.15) is 6.42 Å². The molecule has 0 fully saturated rings. The number of amides is 1. The molecule has 1 unspecified atom stereocenters. The molecule has 0 heterocycles. The molecule has 1 atom stereocenters. The first-order chi connectivity index (χ1) is 5.39. The lowest BCUT2D eigenvalue weighted by molar-refractivity contribution is -0.147. The standard InChI is InChI=1S/C5H7NO6/c7-2-5(12,1-3(8)9)6-4(10)11/h2,6,12H,1H2,(H,8,9)(H,10,11). The molecule has 7 heteroatoms. The third kappa shape index (κ3) is 3.52. The Morgan fingerprint density at radius 1 is 1.42 bits per heavy atom. The minimum Gasteiger partial charge on any atom is -0.481 e. The Hall–Kier alpha value is -1.63. The Morgan fingerprint density at radius 2 is 1.92 bits per heavy atom. The molecule has 0 aliphatic heterocycles. The number of aliphatic hydroxyl groups is 1. The molecule has 0 aliphatic rings. The summed E-state index contributed by atoms with van der Waals surface area (Å²) >= 11 is 0. The van der Waals surface area contributed by atoms with Crippen LogP contribution >= 0.6 is 0 Å². The summed E-state index contributed by atoms with van der Waals surface area (Å²) < 4.78 is 0. The molecule has 0 bridgehead atoms. The molecule has 0 saturated heterocycles. The quantitative estimate of drug-likeness (QED) is 0.310. The van der Waals surface area contributed by atoms with E-state index in [9.17, 15) is 14.4 Å². The minimum absolute atomic E-state index is 0.185. The normalized spacial score (nSPS) is 14.4. The highest BCUT2D eigenvalue weighted by molar-refractivity contribution is 5.80. The largest absolute Gasteiger partial charge is 0.481 e. The van der Waals surface area contributed by atoms with Gasteiger partial charge in [0, 0.05) is 0 Å². The van der Waals surface area contributed by atoms with Gasteiger partial charge in [-0.05, 0) is 0 Å². The summed E-state index contributed by atoms with van der Waals surface area (Å²) in [6, 6.07) is 0. The number of hydrogen-bond donors (Lipinski definition) is 4. The van der Waals surface area contributed by atoms with Gasteiger partial charge < -0.3 is 15.3 Å². The van der Waals surface area contributed by atoms with Gasteiger partial charge in [-0.15, -0.1) is 0 Å². The monoisotopic (exact) mass is 177 g/mol. The van der Waals surface area contributed by atoms with E-state index in [2.05, 4.69) is 0 Å². The first-order valence-corrected chi connectivity index (χ1v) is 2.81. The number of nitrogens with one attached hydrogen (secondary N) is 1. The molecular weight excluding hydrogens is 170 g/mol. The first kappa shape index (κ1) is 10.4. The van der Waals surface area contributed by atoms with Gasteiger partial charge in [-0.3, -0.25) is 14.9 Å². The van der Waals surface area contributed by atoms with Crippen LogP contribution in [0.4, 0.5) is 4.79 Å². The maximum Gasteiger partial charge on any atom is 0.407 e. The molecule has 0 aromatic carbocycles. The first-order valence-electron chi connectivity index (χ1n) is 2.81. The topological polar surface area (TPSA) is 124 Å². The fourth-order valence-corrected chi connectivity index (χ4v) is 0.531. The summed E-state index contributed by atoms with van der Waals surface area (Å²) in [5.41, 5.74) is -2.54. The van der Waals surface area contributed by atoms with Crippen LogP contribution in [-0.2, 0) is 9.59 Å². The maximum atomic E-state index is 10.1. The Morgan fingerprint density at radius 3 is 2.17 bits per heavy atom. The minimum atomic E-state index is -2.54. The number of carboxylic acids is 1. The van der Waals surface area contributed by atoms with Crippen molar-refractivity contribution in [2.24, 2.45) is 0 Å². The molecule has 1 amide bonds. The summed E-state index contributed by atoms with van der Waals surface area (Å²) in [6.07, 6.45) is -2.87. The second kappa shape index (κ2) is 3.67. The average Bonchev–Trinajstić information content (AvgIpc) is 1.83. The van der Waals surface area contributed by atoms with Gasteiger partial charge in [0.05, 0.1) is 0 Å². The van der Waals surface area contributed by atoms with Gasteiger partial charge in [0.15, 0.2) is 6.29 Å². The lowest BCUT2D eigenvalue weighted by Gasteiger charge is -2.18. The van der Waals surface area contributed by atoms with E-state index in [1.165, 1.54) is 5.32 Å². The van der Waals surface area contributed by atoms with Crippen LogP contribution < -0.4 is 5.32 Å². The van der Waals surface area contributed by atoms with Gasteiger partial charge >= 0.3 is 12.1 Å². The molecule has 0 aromatic rings. The van der Waals surface area contributed by atoms with E-state index < -0.39 is 24.2 Å². The zero-order valence-corrected chi connectivity index (χ0v) is 5.85. The summed E-state index contributed by atoms with van der Waals surface area (Å²) in [5.74, 6) is -1.49. The van der Waals surface area contributed by atoms with E-state index in [1.807, 2.05) is 0 Å². The molecule has 68 valence electrons. The Kier molecular flexibility index (Phi) is 3.17. The van der Waals surface area contributed by atoms with Gasteiger partial charge in [-0.25, -0.2) is 4.79 Å². The third-order valence-electron chi connectivity index (χ3n) is 0.939. The van der Waals surface area contributed by atoms with Crippen LogP contribution in [0, 0.1) is 0 Å². The van der Waals surface area contributed by atoms with E-state index in [4.69, 9.17) is 15.3 Å². The highest BCUT2D eigenvalue weighted by atomic mass is 16.4. The van der Waals surface area contributed by atoms with Gasteiger partial charge in [0.2, 0.25) is 5.72 Å². The summed E-state index contributed by atoms with van der Waals surface area (Å²) in [4.78, 5) is 30.0. The van der Waals surface area contributed by atoms with Crippen LogP contribution in [0.5, 0.6) is 0 Å². The number of aldehydes is 1. The highest BCUT2D eigenvalue weighted by Gasteiger charge is 2.31. The molecule has 0 aromatic heterocycles. The van der Waals surface area contributed by atoms with Crippen molar-refractivity contribution in [2.45, 2.75) is 12.1 Å². The Labute approximate surface area is 66.6 Å². The summed E-state index contributed by atoms with van der Waals surface area (Å²) in [6.45, 7) is 0. The molecular formula is C5H7NO6. The Balaban J connectivity index is 4.33. The average molecular weight is 177 g/mol. The molecule has 0 aliphatic carbocycles. The van der Waals surface area contributed by atoms with Crippen LogP contribution in [0.1, 0.15) is 6.42 Å². The highest BCUT2D eigenvalue weighted by Crippen LogP contribution is 2.01. The van der Waals surface area contributed by atoms with Crippen molar-refractivity contribution in [2.75, 3.05) is 0 Å². The molecule has 12 heavy (non-hydrogen) atoms. The van der Waals surface area contributed by atoms with Crippen LogP contribution in [0.2, 0.25) is 0 Å². The predicted molar refractivity (Wildman–Crippen MR) is 34.4 cm³/mol. The molecule has 7 nitrogen and oxygen atoms in total. The van der Waals surface area contributed by atoms with Crippen LogP contribution in [-0.4, -0.2) is 39.4 Å². The van der Waals surface area contributed by atoms with Crippen molar-refractivity contribution in [1.29, 1.82) is 0 Å². The fourth-order valence-electron chi connectivity index (χ4n) is 0.531. The second-order valence-corrected chi connectivity index (χ2v) is 2.04. The molecule has 0 spiro atoms. The number of carbonyl (C=O) groups excluding carboxylic acids is 1. The molecule has 4 N–H and O–H groups in total. The maximum absolute atomic E-state index is 10.1. The molecule has 0 rings (SSSR count). The zero-order valence-electron chi connectivity index (χ0n) is 5.85. The number of carbonyl (C=O) groups is 3. The van der Waals surface area contributed by atoms with Gasteiger partial charge in [-0.1, -0.05) is 0 Å². The second-order valence-electron chi connectivity index (χ2n) is 2.04. The van der Waals surface area contributed by atoms with Crippen LogP contribution in [0.15, 0.2) is 0 Å². The van der Waals surface area contributed by atoms with E-state index in [1.54, 1.807) is 0 Å². The lowest BCUT2D eigenvalue weighted by atomic mass is 10.2. The lowest BCUT2D eigenvalue weighted by Crippen LogP contribution is -2.50. The van der Waals surface area contributed by atoms with Crippen LogP contribution in [0.25, 0.3) is 0 Å². The summed E-state index contributed by atoms with van der Waals surface area (Å²) in [5, 5.41) is 26.5. The number of carboxylic acid groups (broad SMARTS) is 2. The van der Waals surface area contributed by atoms with Gasteiger partial charge in [-0.2, -0.15) is 0 Å². The predicted octanol–water partition coefficient (Wildman–Crippen LogP) is -1.38. The molecule has 0 radical (unpaired) electrons. The van der Waals surface area contributed by atoms with E-state index in [-0.39, 0.29) is 6.29 Å². The zero-order chi connectivity index (χ0) is 9.78. The number of hydrogen-bond acceptors (Lipinski definition) is 4. The fraction of sp³-hybridized carbons (Fsp3) is 0.400. The van der Waals surface area contributed by atoms with Crippen molar-refractivity contribution in [3.63, 3.8) is 0 Å². The third-order valence-corrected chi connectivity index (χ3v) is 0.939. The number of aliphatic carboxylic acids is 1. The van der Waals surface area contributed by atoms with Crippen molar-refractivity contribution >= 4 is 18.3 Å². The van der Waals surface area contributed by atoms with Crippen molar-refractivity contribution in [3.8, 4) is 0 Å². The van der Waals surface area contributed by atoms with Crippen molar-refractivity contribution < 1.29 is 29.7 Å². The Bertz CT molecular complexity index is 196. The summed E-state index contributed by atoms with van der Waals surface area (Å²) in [7, 11) is 0. The van der Waals surface area contributed by atoms with E-state index >= 15 is 0 Å². The van der Waals surface area contributed by atoms with Crippen LogP contribution in [0.3, 0.4) is 0 Å². The van der Waals surface area contributed by atoms with E-state index in [0.29, 0.717) is 0 Å². The molecule has 0 saturated carbocycles.